The summed E-state index contributed by atoms with van der Waals surface area (Å²) >= 11 is 5.99. The molecule has 24 heavy (non-hydrogen) atoms. The first kappa shape index (κ1) is 18.8. The number of hydrogen-bond acceptors (Lipinski definition) is 2. The van der Waals surface area contributed by atoms with Gasteiger partial charge in [-0.3, -0.25) is 9.59 Å². The van der Waals surface area contributed by atoms with Gasteiger partial charge in [-0.25, -0.2) is 0 Å². The van der Waals surface area contributed by atoms with Gasteiger partial charge in [-0.15, -0.1) is 0 Å². The highest BCUT2D eigenvalue weighted by Gasteiger charge is 2.42. The molecule has 1 aromatic rings. The largest absolute Gasteiger partial charge is 0.481 e. The minimum Gasteiger partial charge on any atom is -0.481 e. The molecule has 0 saturated carbocycles. The summed E-state index contributed by atoms with van der Waals surface area (Å²) in [5.74, 6) is -1.05. The second kappa shape index (κ2) is 7.56. The molecule has 0 bridgehead atoms. The number of nitrogens with zero attached hydrogens (tertiary/aromatic N) is 1. The predicted octanol–water partition coefficient (Wildman–Crippen LogP) is 3.97. The number of amides is 1. The zero-order valence-corrected chi connectivity index (χ0v) is 15.3. The minimum absolute atomic E-state index is 0.0307. The summed E-state index contributed by atoms with van der Waals surface area (Å²) in [6, 6.07) is 7.51. The number of carbonyl (C=O) groups excluding carboxylic acids is 1. The van der Waals surface area contributed by atoms with E-state index in [1.807, 2.05) is 49.9 Å². The van der Waals surface area contributed by atoms with Crippen molar-refractivity contribution in [3.63, 3.8) is 0 Å². The molecule has 1 aromatic carbocycles. The predicted molar refractivity (Wildman–Crippen MR) is 95.2 cm³/mol. The number of carbonyl (C=O) groups is 2. The average Bonchev–Trinajstić information content (AvgIpc) is 2.57. The second-order valence-corrected chi connectivity index (χ2v) is 7.19. The third kappa shape index (κ3) is 3.44. The molecule has 1 N–H and O–H groups in total. The maximum Gasteiger partial charge on any atom is 0.306 e. The maximum absolute atomic E-state index is 13.3. The van der Waals surface area contributed by atoms with Gasteiger partial charge in [-0.2, -0.15) is 0 Å². The molecule has 2 atom stereocenters. The molecule has 1 amide bonds. The lowest BCUT2D eigenvalue weighted by Gasteiger charge is -2.41. The van der Waals surface area contributed by atoms with Crippen LogP contribution < -0.4 is 0 Å². The van der Waals surface area contributed by atoms with Gasteiger partial charge in [0.2, 0.25) is 5.91 Å². The van der Waals surface area contributed by atoms with Crippen LogP contribution in [0.5, 0.6) is 0 Å². The monoisotopic (exact) mass is 351 g/mol. The number of halogens is 1. The molecule has 0 radical (unpaired) electrons. The van der Waals surface area contributed by atoms with Crippen molar-refractivity contribution in [3.8, 4) is 0 Å². The van der Waals surface area contributed by atoms with Crippen molar-refractivity contribution in [2.75, 3.05) is 13.1 Å². The summed E-state index contributed by atoms with van der Waals surface area (Å²) in [6.07, 6.45) is 1.93. The lowest BCUT2D eigenvalue weighted by Crippen LogP contribution is -2.52. The van der Waals surface area contributed by atoms with Crippen LogP contribution in [0.2, 0.25) is 5.02 Å². The zero-order chi connectivity index (χ0) is 17.9. The SMILES string of the molecule is CCC(CC)(C(=O)N1CCC(C(=O)O)C(C)C1)c1ccc(Cl)cc1. The molecule has 0 aromatic heterocycles. The van der Waals surface area contributed by atoms with Crippen molar-refractivity contribution < 1.29 is 14.7 Å². The number of piperidine rings is 1. The zero-order valence-electron chi connectivity index (χ0n) is 14.6. The molecule has 0 aliphatic carbocycles. The lowest BCUT2D eigenvalue weighted by molar-refractivity contribution is -0.150. The first-order valence-electron chi connectivity index (χ1n) is 8.64. The van der Waals surface area contributed by atoms with Crippen LogP contribution in [0.4, 0.5) is 0 Å². The van der Waals surface area contributed by atoms with Crippen molar-refractivity contribution in [1.82, 2.24) is 4.90 Å². The molecule has 2 rings (SSSR count). The Bertz CT molecular complexity index is 595. The number of carboxylic acid groups (broad SMARTS) is 1. The Morgan fingerprint density at radius 1 is 1.25 bits per heavy atom. The Balaban J connectivity index is 2.27. The molecule has 5 heteroatoms. The fourth-order valence-corrected chi connectivity index (χ4v) is 3.98. The van der Waals surface area contributed by atoms with Crippen LogP contribution in [0.15, 0.2) is 24.3 Å². The van der Waals surface area contributed by atoms with Gasteiger partial charge in [0.1, 0.15) is 0 Å². The van der Waals surface area contributed by atoms with E-state index in [-0.39, 0.29) is 17.7 Å². The van der Waals surface area contributed by atoms with E-state index in [1.54, 1.807) is 0 Å². The van der Waals surface area contributed by atoms with Gasteiger partial charge < -0.3 is 10.0 Å². The van der Waals surface area contributed by atoms with E-state index in [4.69, 9.17) is 11.6 Å². The molecule has 4 nitrogen and oxygen atoms in total. The summed E-state index contributed by atoms with van der Waals surface area (Å²) in [7, 11) is 0. The van der Waals surface area contributed by atoms with E-state index in [2.05, 4.69) is 0 Å². The first-order chi connectivity index (χ1) is 11.4. The van der Waals surface area contributed by atoms with E-state index < -0.39 is 11.4 Å². The summed E-state index contributed by atoms with van der Waals surface area (Å²) in [6.45, 7) is 6.99. The maximum atomic E-state index is 13.3. The van der Waals surface area contributed by atoms with Gasteiger partial charge in [0.25, 0.3) is 0 Å². The van der Waals surface area contributed by atoms with Crippen LogP contribution >= 0.6 is 11.6 Å². The third-order valence-electron chi connectivity index (χ3n) is 5.52. The van der Waals surface area contributed by atoms with Crippen molar-refractivity contribution in [2.45, 2.75) is 45.4 Å². The molecular formula is C19H26ClNO3. The summed E-state index contributed by atoms with van der Waals surface area (Å²) in [4.78, 5) is 26.5. The normalized spacial score (nSPS) is 21.6. The molecule has 132 valence electrons. The van der Waals surface area contributed by atoms with Crippen LogP contribution in [0, 0.1) is 11.8 Å². The number of hydrogen-bond donors (Lipinski definition) is 1. The Morgan fingerprint density at radius 3 is 2.29 bits per heavy atom. The number of likely N-dealkylation sites (tertiary alicyclic amines) is 1. The first-order valence-corrected chi connectivity index (χ1v) is 9.01. The molecule has 1 aliphatic rings. The number of carboxylic acids is 1. The summed E-state index contributed by atoms with van der Waals surface area (Å²) in [5, 5.41) is 9.93. The van der Waals surface area contributed by atoms with Crippen molar-refractivity contribution in [2.24, 2.45) is 11.8 Å². The van der Waals surface area contributed by atoms with Gasteiger partial charge in [0, 0.05) is 18.1 Å². The third-order valence-corrected chi connectivity index (χ3v) is 5.77. The van der Waals surface area contributed by atoms with Gasteiger partial charge in [0.05, 0.1) is 11.3 Å². The molecule has 1 saturated heterocycles. The van der Waals surface area contributed by atoms with Gasteiger partial charge in [0.15, 0.2) is 0 Å². The second-order valence-electron chi connectivity index (χ2n) is 6.76. The van der Waals surface area contributed by atoms with E-state index in [0.717, 1.165) is 5.56 Å². The Hall–Kier alpha value is -1.55. The summed E-state index contributed by atoms with van der Waals surface area (Å²) in [5.41, 5.74) is 0.412. The van der Waals surface area contributed by atoms with Crippen LogP contribution in [0.25, 0.3) is 0 Å². The number of aliphatic carboxylic acids is 1. The standard InChI is InChI=1S/C19H26ClNO3/c1-4-19(5-2,14-6-8-15(20)9-7-14)18(24)21-11-10-16(17(22)23)13(3)12-21/h6-9,13,16H,4-5,10-12H2,1-3H3,(H,22,23). The Kier molecular flexibility index (Phi) is 5.92. The fourth-order valence-electron chi connectivity index (χ4n) is 3.85. The van der Waals surface area contributed by atoms with E-state index >= 15 is 0 Å². The van der Waals surface area contributed by atoms with Crippen LogP contribution in [-0.4, -0.2) is 35.0 Å². The van der Waals surface area contributed by atoms with Crippen molar-refractivity contribution >= 4 is 23.5 Å². The molecular weight excluding hydrogens is 326 g/mol. The van der Waals surface area contributed by atoms with Crippen molar-refractivity contribution in [3.05, 3.63) is 34.9 Å². The highest BCUT2D eigenvalue weighted by molar-refractivity contribution is 6.30. The van der Waals surface area contributed by atoms with Gasteiger partial charge in [-0.05, 0) is 42.9 Å². The van der Waals surface area contributed by atoms with Crippen LogP contribution in [0.3, 0.4) is 0 Å². The topological polar surface area (TPSA) is 57.6 Å². The quantitative estimate of drug-likeness (QED) is 0.873. The van der Waals surface area contributed by atoms with Crippen LogP contribution in [0.1, 0.15) is 45.6 Å². The number of rotatable bonds is 5. The molecule has 1 aliphatic heterocycles. The molecule has 0 spiro atoms. The number of benzene rings is 1. The van der Waals surface area contributed by atoms with E-state index in [1.165, 1.54) is 0 Å². The van der Waals surface area contributed by atoms with E-state index in [9.17, 15) is 14.7 Å². The van der Waals surface area contributed by atoms with Gasteiger partial charge in [-0.1, -0.05) is 44.5 Å². The lowest BCUT2D eigenvalue weighted by atomic mass is 9.73. The minimum atomic E-state index is -0.760. The average molecular weight is 352 g/mol. The fraction of sp³-hybridized carbons (Fsp3) is 0.579. The van der Waals surface area contributed by atoms with E-state index in [0.29, 0.717) is 37.4 Å². The Labute approximate surface area is 148 Å². The highest BCUT2D eigenvalue weighted by Crippen LogP contribution is 2.36. The van der Waals surface area contributed by atoms with Gasteiger partial charge >= 0.3 is 5.97 Å². The molecule has 2 unspecified atom stereocenters. The molecule has 1 fully saturated rings. The Morgan fingerprint density at radius 2 is 1.83 bits per heavy atom. The van der Waals surface area contributed by atoms with Crippen molar-refractivity contribution in [1.29, 1.82) is 0 Å². The van der Waals surface area contributed by atoms with Crippen LogP contribution in [-0.2, 0) is 15.0 Å². The molecule has 1 heterocycles. The summed E-state index contributed by atoms with van der Waals surface area (Å²) < 4.78 is 0. The highest BCUT2D eigenvalue weighted by atomic mass is 35.5. The smallest absolute Gasteiger partial charge is 0.306 e.